The number of tetrazole rings is 1. The molecule has 3 aromatic heterocycles. The van der Waals surface area contributed by atoms with E-state index < -0.39 is 5.82 Å². The highest BCUT2D eigenvalue weighted by molar-refractivity contribution is 6.32. The fourth-order valence-electron chi connectivity index (χ4n) is 3.74. The van der Waals surface area contributed by atoms with Crippen LogP contribution in [0, 0.1) is 5.82 Å². The SMILES string of the molecule is Nc1ncc(-c2cnn(C3CCNCC3)c2)cc1-c1nnnn1-c1cc(F)ccc1Cl. The summed E-state index contributed by atoms with van der Waals surface area (Å²) in [5.41, 5.74) is 8.70. The highest BCUT2D eigenvalue weighted by Crippen LogP contribution is 2.31. The maximum absolute atomic E-state index is 13.8. The number of nitrogen functional groups attached to an aromatic ring is 1. The molecular weight excluding hydrogens is 421 g/mol. The topological polar surface area (TPSA) is 112 Å². The van der Waals surface area contributed by atoms with Gasteiger partial charge in [-0.05, 0) is 54.6 Å². The summed E-state index contributed by atoms with van der Waals surface area (Å²) in [6.45, 7) is 1.97. The van der Waals surface area contributed by atoms with Crippen LogP contribution in [0.15, 0.2) is 42.9 Å². The third kappa shape index (κ3) is 3.75. The lowest BCUT2D eigenvalue weighted by atomic mass is 10.1. The predicted molar refractivity (Wildman–Crippen MR) is 114 cm³/mol. The van der Waals surface area contributed by atoms with Crippen LogP contribution in [0.25, 0.3) is 28.2 Å². The Bertz CT molecular complexity index is 1230. The van der Waals surface area contributed by atoms with Gasteiger partial charge in [-0.15, -0.1) is 5.10 Å². The van der Waals surface area contributed by atoms with E-state index in [2.05, 4.69) is 30.9 Å². The summed E-state index contributed by atoms with van der Waals surface area (Å²) in [7, 11) is 0. The summed E-state index contributed by atoms with van der Waals surface area (Å²) in [5, 5.41) is 20.0. The van der Waals surface area contributed by atoms with Crippen molar-refractivity contribution < 1.29 is 4.39 Å². The van der Waals surface area contributed by atoms with Crippen molar-refractivity contribution in [3.05, 3.63) is 53.7 Å². The second-order valence-electron chi connectivity index (χ2n) is 7.36. The first-order valence-electron chi connectivity index (χ1n) is 9.85. The van der Waals surface area contributed by atoms with Crippen LogP contribution in [0.4, 0.5) is 10.2 Å². The van der Waals surface area contributed by atoms with Crippen molar-refractivity contribution in [3.8, 4) is 28.2 Å². The van der Waals surface area contributed by atoms with Gasteiger partial charge in [0.05, 0.1) is 28.5 Å². The van der Waals surface area contributed by atoms with Gasteiger partial charge in [-0.3, -0.25) is 4.68 Å². The van der Waals surface area contributed by atoms with Crippen LogP contribution in [-0.2, 0) is 0 Å². The number of rotatable bonds is 4. The number of halogens is 2. The lowest BCUT2D eigenvalue weighted by Gasteiger charge is -2.22. The summed E-state index contributed by atoms with van der Waals surface area (Å²) in [4.78, 5) is 4.32. The van der Waals surface area contributed by atoms with E-state index in [0.717, 1.165) is 37.1 Å². The van der Waals surface area contributed by atoms with E-state index in [1.165, 1.54) is 22.9 Å². The third-order valence-electron chi connectivity index (χ3n) is 5.38. The van der Waals surface area contributed by atoms with Gasteiger partial charge in [0.25, 0.3) is 0 Å². The molecule has 0 amide bonds. The zero-order valence-electron chi connectivity index (χ0n) is 16.4. The molecule has 158 valence electrons. The molecule has 0 radical (unpaired) electrons. The molecule has 1 fully saturated rings. The second kappa shape index (κ2) is 8.05. The highest BCUT2D eigenvalue weighted by Gasteiger charge is 2.20. The van der Waals surface area contributed by atoms with E-state index in [1.54, 1.807) is 6.20 Å². The van der Waals surface area contributed by atoms with Crippen LogP contribution in [0.1, 0.15) is 18.9 Å². The zero-order chi connectivity index (χ0) is 21.4. The summed E-state index contributed by atoms with van der Waals surface area (Å²) >= 11 is 6.25. The number of benzene rings is 1. The fourth-order valence-corrected chi connectivity index (χ4v) is 3.93. The van der Waals surface area contributed by atoms with Crippen molar-refractivity contribution in [2.24, 2.45) is 0 Å². The molecule has 1 aliphatic rings. The van der Waals surface area contributed by atoms with Gasteiger partial charge in [0.15, 0.2) is 5.82 Å². The first-order chi connectivity index (χ1) is 15.1. The third-order valence-corrected chi connectivity index (χ3v) is 5.70. The van der Waals surface area contributed by atoms with Gasteiger partial charge in [-0.2, -0.15) is 9.78 Å². The smallest absolute Gasteiger partial charge is 0.190 e. The molecule has 1 saturated heterocycles. The number of hydrogen-bond acceptors (Lipinski definition) is 7. The number of nitrogens with one attached hydrogen (secondary N) is 1. The monoisotopic (exact) mass is 439 g/mol. The Kier molecular flexibility index (Phi) is 5.08. The van der Waals surface area contributed by atoms with Crippen LogP contribution in [0.2, 0.25) is 5.02 Å². The minimum atomic E-state index is -0.453. The molecule has 4 aromatic rings. The maximum atomic E-state index is 13.8. The number of nitrogens with zero attached hydrogens (tertiary/aromatic N) is 7. The van der Waals surface area contributed by atoms with Gasteiger partial charge in [0.2, 0.25) is 0 Å². The van der Waals surface area contributed by atoms with E-state index in [-0.39, 0.29) is 5.82 Å². The average Bonchev–Trinajstić information content (AvgIpc) is 3.47. The molecule has 0 aliphatic carbocycles. The molecule has 9 nitrogen and oxygen atoms in total. The van der Waals surface area contributed by atoms with Crippen LogP contribution in [0.3, 0.4) is 0 Å². The Morgan fingerprint density at radius 3 is 2.81 bits per heavy atom. The number of nitrogens with two attached hydrogens (primary N) is 1. The summed E-state index contributed by atoms with van der Waals surface area (Å²) < 4.78 is 17.2. The van der Waals surface area contributed by atoms with Crippen molar-refractivity contribution in [2.45, 2.75) is 18.9 Å². The number of pyridine rings is 1. The maximum Gasteiger partial charge on any atom is 0.190 e. The Morgan fingerprint density at radius 2 is 1.97 bits per heavy atom. The predicted octanol–water partition coefficient (Wildman–Crippen LogP) is 2.89. The van der Waals surface area contributed by atoms with Gasteiger partial charge < -0.3 is 11.1 Å². The molecular formula is C20H19ClFN9. The van der Waals surface area contributed by atoms with E-state index in [0.29, 0.717) is 28.1 Å². The number of aromatic nitrogens is 7. The molecule has 5 rings (SSSR count). The molecule has 0 bridgehead atoms. The molecule has 0 atom stereocenters. The number of hydrogen-bond donors (Lipinski definition) is 2. The lowest BCUT2D eigenvalue weighted by Crippen LogP contribution is -2.29. The normalized spacial score (nSPS) is 14.8. The Hall–Kier alpha value is -3.37. The molecule has 0 saturated carbocycles. The van der Waals surface area contributed by atoms with Crippen LogP contribution < -0.4 is 11.1 Å². The summed E-state index contributed by atoms with van der Waals surface area (Å²) in [5.74, 6) is 0.106. The minimum absolute atomic E-state index is 0.248. The molecule has 1 aromatic carbocycles. The van der Waals surface area contributed by atoms with Crippen molar-refractivity contribution in [3.63, 3.8) is 0 Å². The van der Waals surface area contributed by atoms with Crippen LogP contribution >= 0.6 is 11.6 Å². The van der Waals surface area contributed by atoms with Crippen LogP contribution in [0.5, 0.6) is 0 Å². The number of piperidine rings is 1. The van der Waals surface area contributed by atoms with Crippen LogP contribution in [-0.4, -0.2) is 48.1 Å². The molecule has 3 N–H and O–H groups in total. The van der Waals surface area contributed by atoms with Crippen molar-refractivity contribution in [1.29, 1.82) is 0 Å². The lowest BCUT2D eigenvalue weighted by molar-refractivity contribution is 0.343. The van der Waals surface area contributed by atoms with E-state index in [1.807, 2.05) is 23.1 Å². The quantitative estimate of drug-likeness (QED) is 0.502. The van der Waals surface area contributed by atoms with E-state index in [9.17, 15) is 4.39 Å². The molecule has 1 aliphatic heterocycles. The molecule has 4 heterocycles. The van der Waals surface area contributed by atoms with Gasteiger partial charge in [-0.25, -0.2) is 9.37 Å². The number of anilines is 1. The Labute approximate surface area is 182 Å². The van der Waals surface area contributed by atoms with E-state index >= 15 is 0 Å². The van der Waals surface area contributed by atoms with Crippen molar-refractivity contribution in [1.82, 2.24) is 40.3 Å². The Balaban J connectivity index is 1.53. The van der Waals surface area contributed by atoms with Gasteiger partial charge in [0, 0.05) is 29.6 Å². The largest absolute Gasteiger partial charge is 0.383 e. The van der Waals surface area contributed by atoms with Crippen molar-refractivity contribution >= 4 is 17.4 Å². The van der Waals surface area contributed by atoms with E-state index in [4.69, 9.17) is 17.3 Å². The molecule has 11 heteroatoms. The molecule has 0 unspecified atom stereocenters. The molecule has 0 spiro atoms. The second-order valence-corrected chi connectivity index (χ2v) is 7.76. The first-order valence-corrected chi connectivity index (χ1v) is 10.2. The van der Waals surface area contributed by atoms with Crippen molar-refractivity contribution in [2.75, 3.05) is 18.8 Å². The average molecular weight is 440 g/mol. The summed E-state index contributed by atoms with van der Waals surface area (Å²) in [6, 6.07) is 6.20. The van der Waals surface area contributed by atoms with Gasteiger partial charge in [0.1, 0.15) is 11.6 Å². The van der Waals surface area contributed by atoms with Gasteiger partial charge in [-0.1, -0.05) is 11.6 Å². The standard InChI is InChI=1S/C20H19ClFN9/c21-17-2-1-14(22)8-18(17)31-20(27-28-29-31)16-7-12(9-25-19(16)23)13-10-26-30(11-13)15-3-5-24-6-4-15/h1-2,7-11,15,24H,3-6H2,(H2,23,25). The Morgan fingerprint density at radius 1 is 1.13 bits per heavy atom. The minimum Gasteiger partial charge on any atom is -0.383 e. The fraction of sp³-hybridized carbons (Fsp3) is 0.250. The summed E-state index contributed by atoms with van der Waals surface area (Å²) in [6.07, 6.45) is 7.59. The van der Waals surface area contributed by atoms with Gasteiger partial charge >= 0.3 is 0 Å². The first kappa shape index (κ1) is 19.6. The molecule has 31 heavy (non-hydrogen) atoms. The zero-order valence-corrected chi connectivity index (χ0v) is 17.2. The highest BCUT2D eigenvalue weighted by atomic mass is 35.5.